The number of hydrogen-bond acceptors (Lipinski definition) is 3. The fraction of sp³-hybridized carbons (Fsp3) is 0.360. The van der Waals surface area contributed by atoms with E-state index < -0.39 is 5.91 Å². The van der Waals surface area contributed by atoms with Crippen LogP contribution in [0.5, 0.6) is 0 Å². The first kappa shape index (κ1) is 21.8. The van der Waals surface area contributed by atoms with Gasteiger partial charge in [-0.25, -0.2) is 0 Å². The topological polar surface area (TPSA) is 97.8 Å². The number of primary amides is 1. The second kappa shape index (κ2) is 10.2. The normalized spacial score (nSPS) is 13.2. The Kier molecular flexibility index (Phi) is 7.41. The van der Waals surface area contributed by atoms with Crippen LogP contribution in [0.2, 0.25) is 0 Å². The summed E-state index contributed by atoms with van der Waals surface area (Å²) in [4.78, 5) is 12.0. The van der Waals surface area contributed by atoms with Crippen LogP contribution in [0.1, 0.15) is 59.9 Å². The van der Waals surface area contributed by atoms with E-state index in [9.17, 15) is 4.79 Å². The molecule has 5 nitrogen and oxygen atoms in total. The fourth-order valence-electron chi connectivity index (χ4n) is 4.22. The molecule has 3 aromatic rings. The summed E-state index contributed by atoms with van der Waals surface area (Å²) >= 11 is 0. The van der Waals surface area contributed by atoms with Crippen molar-refractivity contribution in [3.63, 3.8) is 0 Å². The van der Waals surface area contributed by atoms with Gasteiger partial charge < -0.3 is 11.5 Å². The molecule has 2 unspecified atom stereocenters. The van der Waals surface area contributed by atoms with E-state index in [1.807, 2.05) is 6.07 Å². The van der Waals surface area contributed by atoms with Gasteiger partial charge in [-0.05, 0) is 60.8 Å². The van der Waals surface area contributed by atoms with Crippen LogP contribution in [-0.2, 0) is 12.8 Å². The summed E-state index contributed by atoms with van der Waals surface area (Å²) in [6.45, 7) is 4.94. The number of nitrogens with zero attached hydrogens (tertiary/aromatic N) is 1. The number of amides is 1. The highest BCUT2D eigenvalue weighted by atomic mass is 16.1. The van der Waals surface area contributed by atoms with Crippen LogP contribution in [0.3, 0.4) is 0 Å². The van der Waals surface area contributed by atoms with Crippen molar-refractivity contribution in [3.8, 4) is 11.1 Å². The second-order valence-corrected chi connectivity index (χ2v) is 8.06. The van der Waals surface area contributed by atoms with E-state index in [0.717, 1.165) is 36.9 Å². The van der Waals surface area contributed by atoms with E-state index in [1.165, 1.54) is 16.7 Å². The summed E-state index contributed by atoms with van der Waals surface area (Å²) in [7, 11) is 0. The van der Waals surface area contributed by atoms with E-state index in [4.69, 9.17) is 11.5 Å². The maximum absolute atomic E-state index is 12.0. The van der Waals surface area contributed by atoms with Crippen molar-refractivity contribution in [1.29, 1.82) is 0 Å². The van der Waals surface area contributed by atoms with Gasteiger partial charge in [-0.2, -0.15) is 5.10 Å². The predicted octanol–water partition coefficient (Wildman–Crippen LogP) is 4.44. The third kappa shape index (κ3) is 5.16. The molecule has 1 aromatic heterocycles. The van der Waals surface area contributed by atoms with Crippen LogP contribution in [0.15, 0.2) is 54.6 Å². The molecule has 0 fully saturated rings. The first-order valence-corrected chi connectivity index (χ1v) is 10.7. The summed E-state index contributed by atoms with van der Waals surface area (Å²) in [6, 6.07) is 19.0. The molecule has 0 bridgehead atoms. The lowest BCUT2D eigenvalue weighted by molar-refractivity contribution is 0.0994. The zero-order valence-corrected chi connectivity index (χ0v) is 17.9. The molecule has 5 N–H and O–H groups in total. The lowest BCUT2D eigenvalue weighted by Crippen LogP contribution is -2.19. The number of carbonyl (C=O) groups excluding carboxylic acids is 1. The van der Waals surface area contributed by atoms with Gasteiger partial charge >= 0.3 is 0 Å². The lowest BCUT2D eigenvalue weighted by atomic mass is 9.82. The maximum Gasteiger partial charge on any atom is 0.269 e. The van der Waals surface area contributed by atoms with Gasteiger partial charge in [0.25, 0.3) is 5.91 Å². The molecule has 2 atom stereocenters. The van der Waals surface area contributed by atoms with Gasteiger partial charge in [0.2, 0.25) is 0 Å². The zero-order valence-electron chi connectivity index (χ0n) is 17.9. The highest BCUT2D eigenvalue weighted by Crippen LogP contribution is 2.33. The molecule has 3 rings (SSSR count). The molecule has 5 heteroatoms. The van der Waals surface area contributed by atoms with E-state index in [1.54, 1.807) is 0 Å². The number of carbonyl (C=O) groups is 1. The van der Waals surface area contributed by atoms with E-state index >= 15 is 0 Å². The summed E-state index contributed by atoms with van der Waals surface area (Å²) in [6.07, 6.45) is 3.50. The number of aromatic nitrogens is 2. The second-order valence-electron chi connectivity index (χ2n) is 8.06. The van der Waals surface area contributed by atoms with Crippen molar-refractivity contribution in [2.24, 2.45) is 17.4 Å². The number of rotatable bonds is 10. The number of benzene rings is 2. The summed E-state index contributed by atoms with van der Waals surface area (Å²) in [5, 5.41) is 7.26. The lowest BCUT2D eigenvalue weighted by Gasteiger charge is -2.22. The Morgan fingerprint density at radius 3 is 2.33 bits per heavy atom. The molecular weight excluding hydrogens is 372 g/mol. The highest BCUT2D eigenvalue weighted by Gasteiger charge is 2.26. The van der Waals surface area contributed by atoms with Crippen LogP contribution in [0.4, 0.5) is 0 Å². The molecule has 0 radical (unpaired) electrons. The largest absolute Gasteiger partial charge is 0.364 e. The van der Waals surface area contributed by atoms with E-state index in [2.05, 4.69) is 72.6 Å². The molecule has 0 saturated heterocycles. The van der Waals surface area contributed by atoms with Crippen molar-refractivity contribution >= 4 is 5.91 Å². The molecule has 0 aliphatic rings. The van der Waals surface area contributed by atoms with Gasteiger partial charge in [0.15, 0.2) is 5.69 Å². The minimum atomic E-state index is -0.475. The summed E-state index contributed by atoms with van der Waals surface area (Å²) in [5.74, 6) is 0.131. The summed E-state index contributed by atoms with van der Waals surface area (Å²) in [5.41, 5.74) is 17.4. The SMILES string of the molecule is CCc1[nH]nc(C(N)=O)c1C(Cc1ccc(-c2ccccc2)cc1)CC(C)CCN. The third-order valence-corrected chi connectivity index (χ3v) is 5.77. The smallest absolute Gasteiger partial charge is 0.269 e. The molecule has 158 valence electrons. The molecule has 1 heterocycles. The molecule has 0 aliphatic heterocycles. The van der Waals surface area contributed by atoms with Crippen molar-refractivity contribution in [2.75, 3.05) is 6.54 Å². The molecule has 30 heavy (non-hydrogen) atoms. The number of H-pyrrole nitrogens is 1. The Morgan fingerprint density at radius 2 is 1.73 bits per heavy atom. The minimum Gasteiger partial charge on any atom is -0.364 e. The first-order valence-electron chi connectivity index (χ1n) is 10.7. The number of aryl methyl sites for hydroxylation is 1. The van der Waals surface area contributed by atoms with Crippen molar-refractivity contribution in [1.82, 2.24) is 10.2 Å². The standard InChI is InChI=1S/C25H32N4O/c1-3-22-23(24(25(27)30)29-28-22)21(15-17(2)13-14-26)16-18-9-11-20(12-10-18)19-7-5-4-6-8-19/h4-12,17,21H,3,13-16,26H2,1-2H3,(H2,27,30)(H,28,29). The Balaban J connectivity index is 1.90. The first-order chi connectivity index (χ1) is 14.5. The molecule has 0 saturated carbocycles. The zero-order chi connectivity index (χ0) is 21.5. The Morgan fingerprint density at radius 1 is 1.07 bits per heavy atom. The summed E-state index contributed by atoms with van der Waals surface area (Å²) < 4.78 is 0. The number of aromatic amines is 1. The van der Waals surface area contributed by atoms with Crippen molar-refractivity contribution in [3.05, 3.63) is 77.1 Å². The highest BCUT2D eigenvalue weighted by molar-refractivity contribution is 5.92. The monoisotopic (exact) mass is 404 g/mol. The van der Waals surface area contributed by atoms with Gasteiger partial charge in [0, 0.05) is 11.3 Å². The average Bonchev–Trinajstić information content (AvgIpc) is 3.19. The molecule has 0 aliphatic carbocycles. The van der Waals surface area contributed by atoms with Gasteiger partial charge in [-0.3, -0.25) is 9.89 Å². The average molecular weight is 405 g/mol. The van der Waals surface area contributed by atoms with Crippen molar-refractivity contribution in [2.45, 2.75) is 45.4 Å². The fourth-order valence-corrected chi connectivity index (χ4v) is 4.22. The van der Waals surface area contributed by atoms with Crippen LogP contribution in [-0.4, -0.2) is 22.6 Å². The predicted molar refractivity (Wildman–Crippen MR) is 122 cm³/mol. The molecule has 2 aromatic carbocycles. The molecule has 0 spiro atoms. The van der Waals surface area contributed by atoms with Crippen LogP contribution in [0, 0.1) is 5.92 Å². The van der Waals surface area contributed by atoms with E-state index in [0.29, 0.717) is 18.2 Å². The van der Waals surface area contributed by atoms with Gasteiger partial charge in [0.05, 0.1) is 0 Å². The van der Waals surface area contributed by atoms with Crippen LogP contribution < -0.4 is 11.5 Å². The van der Waals surface area contributed by atoms with Crippen LogP contribution in [0.25, 0.3) is 11.1 Å². The minimum absolute atomic E-state index is 0.158. The maximum atomic E-state index is 12.0. The van der Waals surface area contributed by atoms with Gasteiger partial charge in [-0.15, -0.1) is 0 Å². The Labute approximate surface area is 178 Å². The number of nitrogens with two attached hydrogens (primary N) is 2. The Hall–Kier alpha value is -2.92. The number of nitrogens with one attached hydrogen (secondary N) is 1. The quantitative estimate of drug-likeness (QED) is 0.466. The van der Waals surface area contributed by atoms with Crippen molar-refractivity contribution < 1.29 is 4.79 Å². The molecule has 1 amide bonds. The molecular formula is C25H32N4O. The Bertz CT molecular complexity index is 947. The number of hydrogen-bond donors (Lipinski definition) is 3. The third-order valence-electron chi connectivity index (χ3n) is 5.77. The van der Waals surface area contributed by atoms with Gasteiger partial charge in [0.1, 0.15) is 0 Å². The van der Waals surface area contributed by atoms with Crippen LogP contribution >= 0.6 is 0 Å². The van der Waals surface area contributed by atoms with Gasteiger partial charge in [-0.1, -0.05) is 68.4 Å². The van der Waals surface area contributed by atoms with E-state index in [-0.39, 0.29) is 5.92 Å².